The van der Waals surface area contributed by atoms with E-state index in [1.807, 2.05) is 0 Å². The number of halogens is 3. The van der Waals surface area contributed by atoms with Crippen molar-refractivity contribution in [3.05, 3.63) is 23.4 Å². The third-order valence-corrected chi connectivity index (χ3v) is 4.09. The minimum Gasteiger partial charge on any atom is -0.367 e. The third-order valence-electron chi connectivity index (χ3n) is 4.09. The number of fused-ring (bicyclic) bond motifs is 2. The van der Waals surface area contributed by atoms with E-state index in [2.05, 4.69) is 5.32 Å². The van der Waals surface area contributed by atoms with Crippen molar-refractivity contribution in [3.63, 3.8) is 0 Å². The lowest BCUT2D eigenvalue weighted by molar-refractivity contribution is -0.201. The van der Waals surface area contributed by atoms with Crippen molar-refractivity contribution in [2.24, 2.45) is 11.8 Å². The van der Waals surface area contributed by atoms with E-state index in [0.717, 1.165) is 12.2 Å². The van der Waals surface area contributed by atoms with Crippen molar-refractivity contribution >= 4 is 11.6 Å². The molecular weight excluding hydrogens is 275 g/mol. The van der Waals surface area contributed by atoms with Gasteiger partial charge in [0.1, 0.15) is 5.92 Å². The molecule has 2 aliphatic carbocycles. The van der Waals surface area contributed by atoms with Gasteiger partial charge in [-0.15, -0.1) is 0 Å². The molecule has 1 aliphatic heterocycles. The maximum absolute atomic E-state index is 13.2. The highest BCUT2D eigenvalue weighted by molar-refractivity contribution is 6.02. The Kier molecular flexibility index (Phi) is 2.63. The van der Waals surface area contributed by atoms with Gasteiger partial charge in [-0.2, -0.15) is 13.2 Å². The molecule has 3 atom stereocenters. The van der Waals surface area contributed by atoms with Crippen LogP contribution in [0, 0.1) is 11.8 Å². The zero-order valence-electron chi connectivity index (χ0n) is 10.3. The number of carbonyl (C=O) groups excluding carboxylic acids is 2. The molecule has 0 fully saturated rings. The molecule has 0 aromatic heterocycles. The quantitative estimate of drug-likeness (QED) is 0.703. The van der Waals surface area contributed by atoms with Crippen LogP contribution < -0.4 is 5.32 Å². The molecule has 3 aliphatic rings. The van der Waals surface area contributed by atoms with Crippen LogP contribution in [-0.4, -0.2) is 28.6 Å². The highest BCUT2D eigenvalue weighted by Crippen LogP contribution is 2.50. The SMILES string of the molecule is O=C1CCCC2=C1C1C(C(F)(F)F)C(=O)C=CC1(O)N2. The highest BCUT2D eigenvalue weighted by Gasteiger charge is 2.62. The van der Waals surface area contributed by atoms with E-state index in [1.54, 1.807) is 0 Å². The molecule has 0 aromatic carbocycles. The fraction of sp³-hybridized carbons (Fsp3) is 0.538. The van der Waals surface area contributed by atoms with Crippen LogP contribution >= 0.6 is 0 Å². The van der Waals surface area contributed by atoms with Crippen LogP contribution in [0.15, 0.2) is 23.4 Å². The number of hydrogen-bond acceptors (Lipinski definition) is 4. The zero-order chi connectivity index (χ0) is 14.7. The van der Waals surface area contributed by atoms with Gasteiger partial charge in [0.25, 0.3) is 0 Å². The predicted molar refractivity (Wildman–Crippen MR) is 61.2 cm³/mol. The monoisotopic (exact) mass is 287 g/mol. The Morgan fingerprint density at radius 1 is 1.30 bits per heavy atom. The zero-order valence-corrected chi connectivity index (χ0v) is 10.3. The Bertz CT molecular complexity index is 564. The summed E-state index contributed by atoms with van der Waals surface area (Å²) in [4.78, 5) is 23.6. The molecule has 108 valence electrons. The average Bonchev–Trinajstić information content (AvgIpc) is 2.61. The molecule has 3 rings (SSSR count). The first kappa shape index (κ1) is 13.4. The summed E-state index contributed by atoms with van der Waals surface area (Å²) in [5.41, 5.74) is -1.72. The van der Waals surface area contributed by atoms with Crippen LogP contribution in [0.1, 0.15) is 19.3 Å². The summed E-state index contributed by atoms with van der Waals surface area (Å²) >= 11 is 0. The number of nitrogens with one attached hydrogen (secondary N) is 1. The highest BCUT2D eigenvalue weighted by atomic mass is 19.4. The number of ketones is 2. The molecule has 3 unspecified atom stereocenters. The first-order chi connectivity index (χ1) is 9.24. The van der Waals surface area contributed by atoms with Gasteiger partial charge in [0.2, 0.25) is 0 Å². The summed E-state index contributed by atoms with van der Waals surface area (Å²) < 4.78 is 39.5. The van der Waals surface area contributed by atoms with E-state index in [-0.39, 0.29) is 12.0 Å². The summed E-state index contributed by atoms with van der Waals surface area (Å²) in [6.07, 6.45) is -1.95. The number of rotatable bonds is 0. The maximum Gasteiger partial charge on any atom is 0.399 e. The Balaban J connectivity index is 2.15. The van der Waals surface area contributed by atoms with Crippen LogP contribution in [-0.2, 0) is 9.59 Å². The van der Waals surface area contributed by atoms with Crippen molar-refractivity contribution in [2.75, 3.05) is 0 Å². The van der Waals surface area contributed by atoms with Gasteiger partial charge in [-0.05, 0) is 25.0 Å². The lowest BCUT2D eigenvalue weighted by Crippen LogP contribution is -2.54. The summed E-state index contributed by atoms with van der Waals surface area (Å²) in [7, 11) is 0. The lowest BCUT2D eigenvalue weighted by atomic mass is 9.71. The van der Waals surface area contributed by atoms with Gasteiger partial charge in [0.05, 0.1) is 5.92 Å². The number of allylic oxidation sites excluding steroid dienone is 2. The van der Waals surface area contributed by atoms with E-state index in [9.17, 15) is 27.9 Å². The molecule has 0 bridgehead atoms. The summed E-state index contributed by atoms with van der Waals surface area (Å²) in [5.74, 6) is -5.50. The molecule has 20 heavy (non-hydrogen) atoms. The maximum atomic E-state index is 13.2. The molecule has 0 saturated heterocycles. The molecule has 1 heterocycles. The normalized spacial score (nSPS) is 36.8. The van der Waals surface area contributed by atoms with E-state index in [0.29, 0.717) is 18.5 Å². The second-order valence-electron chi connectivity index (χ2n) is 5.35. The van der Waals surface area contributed by atoms with Gasteiger partial charge in [-0.3, -0.25) is 9.59 Å². The van der Waals surface area contributed by atoms with Crippen LogP contribution in [0.3, 0.4) is 0 Å². The first-order valence-corrected chi connectivity index (χ1v) is 6.30. The summed E-state index contributed by atoms with van der Waals surface area (Å²) in [5, 5.41) is 13.0. The van der Waals surface area contributed by atoms with Gasteiger partial charge < -0.3 is 10.4 Å². The van der Waals surface area contributed by atoms with Crippen molar-refractivity contribution in [3.8, 4) is 0 Å². The van der Waals surface area contributed by atoms with Crippen LogP contribution in [0.5, 0.6) is 0 Å². The number of alkyl halides is 3. The minimum absolute atomic E-state index is 0.0567. The van der Waals surface area contributed by atoms with E-state index in [1.165, 1.54) is 0 Å². The summed E-state index contributed by atoms with van der Waals surface area (Å²) in [6, 6.07) is 0. The fourth-order valence-electron chi connectivity index (χ4n) is 3.29. The third kappa shape index (κ3) is 1.72. The Hall–Kier alpha value is -1.63. The van der Waals surface area contributed by atoms with Gasteiger partial charge >= 0.3 is 6.18 Å². The molecule has 0 aromatic rings. The molecule has 0 spiro atoms. The minimum atomic E-state index is -4.80. The Morgan fingerprint density at radius 2 is 2.00 bits per heavy atom. The number of Topliss-reactive ketones (excluding diaryl/α,β-unsaturated/α-hetero) is 1. The smallest absolute Gasteiger partial charge is 0.367 e. The van der Waals surface area contributed by atoms with Crippen molar-refractivity contribution in [2.45, 2.75) is 31.2 Å². The second-order valence-corrected chi connectivity index (χ2v) is 5.35. The molecule has 4 nitrogen and oxygen atoms in total. The van der Waals surface area contributed by atoms with Crippen molar-refractivity contribution in [1.29, 1.82) is 0 Å². The Labute approximate surface area is 112 Å². The van der Waals surface area contributed by atoms with Crippen molar-refractivity contribution < 1.29 is 27.9 Å². The lowest BCUT2D eigenvalue weighted by Gasteiger charge is -2.37. The van der Waals surface area contributed by atoms with Gasteiger partial charge in [-0.25, -0.2) is 0 Å². The van der Waals surface area contributed by atoms with E-state index < -0.39 is 35.3 Å². The van der Waals surface area contributed by atoms with E-state index in [4.69, 9.17) is 0 Å². The number of carbonyl (C=O) groups is 2. The Morgan fingerprint density at radius 3 is 2.65 bits per heavy atom. The first-order valence-electron chi connectivity index (χ1n) is 6.30. The van der Waals surface area contributed by atoms with E-state index >= 15 is 0 Å². The summed E-state index contributed by atoms with van der Waals surface area (Å²) in [6.45, 7) is 0. The number of hydrogen-bond donors (Lipinski definition) is 2. The van der Waals surface area contributed by atoms with Crippen molar-refractivity contribution in [1.82, 2.24) is 5.32 Å². The standard InChI is InChI=1S/C13H12F3NO3/c14-13(15,16)10-8(19)4-5-12(20)11(10)9-6(17-12)2-1-3-7(9)18/h4-5,10-11,17,20H,1-3H2. The molecular formula is C13H12F3NO3. The average molecular weight is 287 g/mol. The molecule has 0 radical (unpaired) electrons. The van der Waals surface area contributed by atoms with Crippen LogP contribution in [0.2, 0.25) is 0 Å². The van der Waals surface area contributed by atoms with Gasteiger partial charge in [0, 0.05) is 17.7 Å². The van der Waals surface area contributed by atoms with Crippen LogP contribution in [0.25, 0.3) is 0 Å². The van der Waals surface area contributed by atoms with Gasteiger partial charge in [0.15, 0.2) is 17.3 Å². The molecule has 7 heteroatoms. The topological polar surface area (TPSA) is 66.4 Å². The van der Waals surface area contributed by atoms with Gasteiger partial charge in [-0.1, -0.05) is 0 Å². The molecule has 0 amide bonds. The van der Waals surface area contributed by atoms with Crippen LogP contribution in [0.4, 0.5) is 13.2 Å². The fourth-order valence-corrected chi connectivity index (χ4v) is 3.29. The largest absolute Gasteiger partial charge is 0.399 e. The number of aliphatic hydroxyl groups is 1. The molecule has 2 N–H and O–H groups in total. The second kappa shape index (κ2) is 3.94. The predicted octanol–water partition coefficient (Wildman–Crippen LogP) is 1.22. The molecule has 0 saturated carbocycles.